The Bertz CT molecular complexity index is 204. The quantitative estimate of drug-likeness (QED) is 0.394. The molecule has 0 aliphatic carbocycles. The van der Waals surface area contributed by atoms with Crippen LogP contribution in [0.5, 0.6) is 0 Å². The molecule has 14 heavy (non-hydrogen) atoms. The molecular formula is C11H15BrMgO. The molecule has 1 aromatic rings. The summed E-state index contributed by atoms with van der Waals surface area (Å²) >= 11 is 0. The molecule has 0 aliphatic rings. The van der Waals surface area contributed by atoms with Gasteiger partial charge in [-0.15, -0.1) is 5.56 Å². The minimum absolute atomic E-state index is 0. The summed E-state index contributed by atoms with van der Waals surface area (Å²) < 4.78 is 5.44. The molecule has 0 atom stereocenters. The molecule has 0 saturated heterocycles. The molecule has 3 heteroatoms. The van der Waals surface area contributed by atoms with E-state index in [1.54, 1.807) is 0 Å². The molecule has 0 heterocycles. The number of halogens is 1. The third-order valence-electron chi connectivity index (χ3n) is 1.68. The first-order valence-electron chi connectivity index (χ1n) is 4.46. The third-order valence-corrected chi connectivity index (χ3v) is 1.68. The fourth-order valence-corrected chi connectivity index (χ4v) is 0.957. The molecule has 1 nitrogen and oxygen atoms in total. The first-order valence-corrected chi connectivity index (χ1v) is 4.46. The average molecular weight is 267 g/mol. The summed E-state index contributed by atoms with van der Waals surface area (Å²) in [4.78, 5) is 0. The summed E-state index contributed by atoms with van der Waals surface area (Å²) in [6.07, 6.45) is 2.34. The molecule has 0 spiro atoms. The van der Waals surface area contributed by atoms with E-state index in [1.807, 2.05) is 18.2 Å². The Labute approximate surface area is 113 Å². The van der Waals surface area contributed by atoms with Crippen LogP contribution in [0.2, 0.25) is 0 Å². The molecule has 74 valence electrons. The van der Waals surface area contributed by atoms with Crippen molar-refractivity contribution in [3.8, 4) is 0 Å². The first-order chi connectivity index (χ1) is 5.93. The van der Waals surface area contributed by atoms with E-state index in [0.29, 0.717) is 0 Å². The van der Waals surface area contributed by atoms with Gasteiger partial charge in [-0.3, -0.25) is 0 Å². The number of unbranched alkanes of at least 4 members (excludes halogenated alkanes) is 1. The van der Waals surface area contributed by atoms with Crippen molar-refractivity contribution >= 4 is 23.1 Å². The van der Waals surface area contributed by atoms with Crippen molar-refractivity contribution in [2.45, 2.75) is 26.4 Å². The number of rotatable bonds is 5. The zero-order valence-electron chi connectivity index (χ0n) is 8.63. The maximum atomic E-state index is 5.44. The van der Waals surface area contributed by atoms with Crippen molar-refractivity contribution in [2.24, 2.45) is 0 Å². The Kier molecular flexibility index (Phi) is 13.8. The van der Waals surface area contributed by atoms with Gasteiger partial charge in [0.1, 0.15) is 0 Å². The third kappa shape index (κ3) is 7.80. The van der Waals surface area contributed by atoms with Gasteiger partial charge in [0.2, 0.25) is 0 Å². The molecule has 1 aromatic carbocycles. The van der Waals surface area contributed by atoms with Crippen molar-refractivity contribution in [2.75, 3.05) is 6.61 Å². The van der Waals surface area contributed by atoms with E-state index in [-0.39, 0.29) is 40.0 Å². The summed E-state index contributed by atoms with van der Waals surface area (Å²) in [7, 11) is 0. The zero-order chi connectivity index (χ0) is 8.65. The molecule has 0 saturated carbocycles. The molecule has 0 aromatic heterocycles. The van der Waals surface area contributed by atoms with E-state index in [2.05, 4.69) is 19.1 Å². The summed E-state index contributed by atoms with van der Waals surface area (Å²) in [6.45, 7) is 3.75. The topological polar surface area (TPSA) is 9.23 Å². The Balaban J connectivity index is 0. The van der Waals surface area contributed by atoms with Gasteiger partial charge in [0, 0.05) is 13.2 Å². The van der Waals surface area contributed by atoms with E-state index >= 15 is 0 Å². The standard InChI is InChI=1S/C11H15O.BrH.Mg/c1-2-3-9-12-10-11-7-5-4-6-8-11;;/h4-5,7-8H,2-3,9-10H2,1H3;1H;/q-1;;+2/p-1. The second-order valence-corrected chi connectivity index (χ2v) is 2.82. The van der Waals surface area contributed by atoms with Gasteiger partial charge in [-0.25, -0.2) is 0 Å². The Morgan fingerprint density at radius 3 is 2.79 bits per heavy atom. The number of hydrogen-bond donors (Lipinski definition) is 0. The second kappa shape index (κ2) is 11.5. The molecule has 0 unspecified atom stereocenters. The number of benzene rings is 1. The predicted molar refractivity (Wildman–Crippen MR) is 55.6 cm³/mol. The molecule has 0 fully saturated rings. The van der Waals surface area contributed by atoms with Crippen molar-refractivity contribution in [3.05, 3.63) is 35.9 Å². The van der Waals surface area contributed by atoms with Crippen molar-refractivity contribution in [1.29, 1.82) is 0 Å². The van der Waals surface area contributed by atoms with E-state index in [4.69, 9.17) is 4.74 Å². The van der Waals surface area contributed by atoms with Gasteiger partial charge in [0.15, 0.2) is 0 Å². The van der Waals surface area contributed by atoms with Gasteiger partial charge in [0.05, 0.1) is 0 Å². The van der Waals surface area contributed by atoms with Gasteiger partial charge in [-0.05, 0) is 6.42 Å². The van der Waals surface area contributed by atoms with Crippen LogP contribution in [-0.2, 0) is 11.3 Å². The molecule has 0 radical (unpaired) electrons. The van der Waals surface area contributed by atoms with Crippen LogP contribution in [0, 0.1) is 6.07 Å². The summed E-state index contributed by atoms with van der Waals surface area (Å²) in [5, 5.41) is 0. The van der Waals surface area contributed by atoms with Gasteiger partial charge >= 0.3 is 23.1 Å². The van der Waals surface area contributed by atoms with E-state index in [0.717, 1.165) is 19.6 Å². The van der Waals surface area contributed by atoms with Crippen LogP contribution in [0.1, 0.15) is 25.3 Å². The van der Waals surface area contributed by atoms with Crippen LogP contribution in [0.15, 0.2) is 24.3 Å². The van der Waals surface area contributed by atoms with Gasteiger partial charge in [-0.2, -0.15) is 30.3 Å². The molecule has 0 amide bonds. The molecule has 0 bridgehead atoms. The minimum atomic E-state index is 0. The molecule has 0 N–H and O–H groups in total. The summed E-state index contributed by atoms with van der Waals surface area (Å²) in [5.41, 5.74) is 1.20. The van der Waals surface area contributed by atoms with Gasteiger partial charge < -0.3 is 21.7 Å². The predicted octanol–water partition coefficient (Wildman–Crippen LogP) is -0.573. The van der Waals surface area contributed by atoms with E-state index < -0.39 is 0 Å². The average Bonchev–Trinajstić information content (AvgIpc) is 2.14. The minimum Gasteiger partial charge on any atom is -1.00 e. The second-order valence-electron chi connectivity index (χ2n) is 2.82. The Morgan fingerprint density at radius 2 is 2.21 bits per heavy atom. The SMILES string of the molecule is CCCCOCc1c[c-]ccc1.[Br-].[Mg+2]. The van der Waals surface area contributed by atoms with Crippen LogP contribution < -0.4 is 17.0 Å². The summed E-state index contributed by atoms with van der Waals surface area (Å²) in [6, 6.07) is 10.9. The fourth-order valence-electron chi connectivity index (χ4n) is 0.957. The largest absolute Gasteiger partial charge is 2.00 e. The van der Waals surface area contributed by atoms with Crippen molar-refractivity contribution in [1.82, 2.24) is 0 Å². The van der Waals surface area contributed by atoms with Crippen molar-refractivity contribution in [3.63, 3.8) is 0 Å². The maximum Gasteiger partial charge on any atom is 2.00 e. The molecule has 0 aliphatic heterocycles. The van der Waals surface area contributed by atoms with Crippen LogP contribution in [0.25, 0.3) is 0 Å². The van der Waals surface area contributed by atoms with Gasteiger partial charge in [-0.1, -0.05) is 13.3 Å². The smallest absolute Gasteiger partial charge is 1.00 e. The van der Waals surface area contributed by atoms with Crippen LogP contribution in [-0.4, -0.2) is 29.7 Å². The fraction of sp³-hybridized carbons (Fsp3) is 0.455. The van der Waals surface area contributed by atoms with Crippen LogP contribution in [0.3, 0.4) is 0 Å². The summed E-state index contributed by atoms with van der Waals surface area (Å²) in [5.74, 6) is 0. The number of hydrogen-bond acceptors (Lipinski definition) is 1. The van der Waals surface area contributed by atoms with E-state index in [1.165, 1.54) is 12.0 Å². The van der Waals surface area contributed by atoms with Crippen LogP contribution in [0.4, 0.5) is 0 Å². The molecular weight excluding hydrogens is 252 g/mol. The monoisotopic (exact) mass is 266 g/mol. The van der Waals surface area contributed by atoms with Gasteiger partial charge in [0.25, 0.3) is 0 Å². The first kappa shape index (κ1) is 16.8. The normalized spacial score (nSPS) is 8.64. The van der Waals surface area contributed by atoms with E-state index in [9.17, 15) is 0 Å². The Morgan fingerprint density at radius 1 is 1.43 bits per heavy atom. The zero-order valence-corrected chi connectivity index (χ0v) is 11.6. The van der Waals surface area contributed by atoms with Crippen molar-refractivity contribution < 1.29 is 21.7 Å². The Hall–Kier alpha value is 0.426. The molecule has 1 rings (SSSR count). The maximum absolute atomic E-state index is 5.44. The number of ether oxygens (including phenoxy) is 1. The van der Waals surface area contributed by atoms with Crippen LogP contribution >= 0.6 is 0 Å².